The Morgan fingerprint density at radius 1 is 0.870 bits per heavy atom. The lowest BCUT2D eigenvalue weighted by molar-refractivity contribution is 0.649. The zero-order valence-electron chi connectivity index (χ0n) is 14.7. The molecule has 0 bridgehead atoms. The molecule has 0 saturated heterocycles. The van der Waals surface area contributed by atoms with Crippen molar-refractivity contribution in [1.29, 1.82) is 0 Å². The van der Waals surface area contributed by atoms with Crippen LogP contribution in [0.25, 0.3) is 0 Å². The molecule has 1 heterocycles. The second kappa shape index (κ2) is 10.3. The number of aliphatic imine (C=N–C) groups is 1. The highest BCUT2D eigenvalue weighted by Gasteiger charge is 2.14. The van der Waals surface area contributed by atoms with Crippen LogP contribution >= 0.6 is 0 Å². The van der Waals surface area contributed by atoms with E-state index in [1.54, 1.807) is 0 Å². The van der Waals surface area contributed by atoms with Gasteiger partial charge in [0.1, 0.15) is 5.84 Å². The Balaban J connectivity index is 1.67. The van der Waals surface area contributed by atoms with Gasteiger partial charge in [-0.15, -0.1) is 0 Å². The van der Waals surface area contributed by atoms with Crippen LogP contribution in [0, 0.1) is 0 Å². The van der Waals surface area contributed by atoms with E-state index in [1.807, 2.05) is 0 Å². The summed E-state index contributed by atoms with van der Waals surface area (Å²) in [7, 11) is 0. The molecule has 2 rings (SSSR count). The number of allylic oxidation sites excluding steroid dienone is 1. The summed E-state index contributed by atoms with van der Waals surface area (Å²) in [5.41, 5.74) is 10.2. The lowest BCUT2D eigenvalue weighted by atomic mass is 10.00. The monoisotopic (exact) mass is 312 g/mol. The molecule has 0 fully saturated rings. The maximum absolute atomic E-state index is 5.96. The van der Waals surface area contributed by atoms with Crippen LogP contribution in [-0.4, -0.2) is 5.84 Å². The molecule has 2 nitrogen and oxygen atoms in total. The molecule has 0 aliphatic carbocycles. The molecular formula is C21H32N2. The van der Waals surface area contributed by atoms with Gasteiger partial charge in [0.15, 0.2) is 0 Å². The van der Waals surface area contributed by atoms with Gasteiger partial charge in [-0.3, -0.25) is 0 Å². The Kier molecular flexibility index (Phi) is 7.92. The fourth-order valence-electron chi connectivity index (χ4n) is 3.29. The third-order valence-corrected chi connectivity index (χ3v) is 4.64. The molecule has 0 amide bonds. The summed E-state index contributed by atoms with van der Waals surface area (Å²) in [4.78, 5) is 4.60. The van der Waals surface area contributed by atoms with Crippen molar-refractivity contribution in [2.24, 2.45) is 10.7 Å². The number of hydrogen-bond donors (Lipinski definition) is 1. The quantitative estimate of drug-likeness (QED) is 0.517. The van der Waals surface area contributed by atoms with E-state index in [9.17, 15) is 0 Å². The summed E-state index contributed by atoms with van der Waals surface area (Å²) >= 11 is 0. The maximum Gasteiger partial charge on any atom is 0.103 e. The SMILES string of the molecule is CCCCCCC1=C(CCCCCc2ccccc2)N=C(N)C1. The number of rotatable bonds is 11. The molecule has 2 heteroatoms. The topological polar surface area (TPSA) is 38.4 Å². The summed E-state index contributed by atoms with van der Waals surface area (Å²) in [6.07, 6.45) is 13.5. The summed E-state index contributed by atoms with van der Waals surface area (Å²) in [6, 6.07) is 10.8. The van der Waals surface area contributed by atoms with Crippen LogP contribution in [0.4, 0.5) is 0 Å². The number of benzene rings is 1. The molecule has 126 valence electrons. The normalized spacial score (nSPS) is 14.4. The molecule has 2 N–H and O–H groups in total. The van der Waals surface area contributed by atoms with E-state index >= 15 is 0 Å². The molecule has 1 aliphatic heterocycles. The van der Waals surface area contributed by atoms with Crippen LogP contribution in [0.3, 0.4) is 0 Å². The lowest BCUT2D eigenvalue weighted by Gasteiger charge is -2.06. The summed E-state index contributed by atoms with van der Waals surface area (Å²) in [6.45, 7) is 2.26. The van der Waals surface area contributed by atoms with Crippen molar-refractivity contribution in [3.8, 4) is 0 Å². The Labute approximate surface area is 141 Å². The third-order valence-electron chi connectivity index (χ3n) is 4.64. The van der Waals surface area contributed by atoms with Crippen LogP contribution in [-0.2, 0) is 6.42 Å². The van der Waals surface area contributed by atoms with Gasteiger partial charge in [-0.05, 0) is 49.7 Å². The first-order valence-corrected chi connectivity index (χ1v) is 9.37. The minimum atomic E-state index is 0.828. The number of amidine groups is 1. The van der Waals surface area contributed by atoms with E-state index in [-0.39, 0.29) is 0 Å². The Bertz CT molecular complexity index is 514. The molecule has 0 atom stereocenters. The largest absolute Gasteiger partial charge is 0.387 e. The first-order chi connectivity index (χ1) is 11.3. The van der Waals surface area contributed by atoms with E-state index < -0.39 is 0 Å². The predicted molar refractivity (Wildman–Crippen MR) is 101 cm³/mol. The number of unbranched alkanes of at least 4 members (excludes halogenated alkanes) is 5. The Hall–Kier alpha value is -1.57. The Morgan fingerprint density at radius 2 is 1.57 bits per heavy atom. The van der Waals surface area contributed by atoms with Gasteiger partial charge in [0.25, 0.3) is 0 Å². The van der Waals surface area contributed by atoms with Gasteiger partial charge in [-0.1, -0.05) is 62.9 Å². The van der Waals surface area contributed by atoms with Gasteiger partial charge in [0.2, 0.25) is 0 Å². The van der Waals surface area contributed by atoms with Crippen molar-refractivity contribution in [2.75, 3.05) is 0 Å². The third kappa shape index (κ3) is 6.60. The number of nitrogens with two attached hydrogens (primary N) is 1. The lowest BCUT2D eigenvalue weighted by Crippen LogP contribution is -2.07. The van der Waals surface area contributed by atoms with Crippen molar-refractivity contribution >= 4 is 5.84 Å². The fourth-order valence-corrected chi connectivity index (χ4v) is 3.29. The molecule has 0 aromatic heterocycles. The molecule has 0 unspecified atom stereocenters. The van der Waals surface area contributed by atoms with Gasteiger partial charge in [0, 0.05) is 12.1 Å². The molecule has 0 radical (unpaired) electrons. The predicted octanol–water partition coefficient (Wildman–Crippen LogP) is 5.77. The van der Waals surface area contributed by atoms with E-state index in [0.29, 0.717) is 0 Å². The minimum Gasteiger partial charge on any atom is -0.387 e. The van der Waals surface area contributed by atoms with E-state index in [1.165, 1.54) is 74.6 Å². The van der Waals surface area contributed by atoms with Crippen LogP contribution in [0.15, 0.2) is 46.6 Å². The summed E-state index contributed by atoms with van der Waals surface area (Å²) in [5.74, 6) is 0.828. The smallest absolute Gasteiger partial charge is 0.103 e. The second-order valence-corrected chi connectivity index (χ2v) is 6.69. The second-order valence-electron chi connectivity index (χ2n) is 6.69. The van der Waals surface area contributed by atoms with Crippen molar-refractivity contribution in [1.82, 2.24) is 0 Å². The molecule has 1 aliphatic rings. The highest BCUT2D eigenvalue weighted by molar-refractivity contribution is 5.86. The van der Waals surface area contributed by atoms with Crippen LogP contribution < -0.4 is 5.73 Å². The van der Waals surface area contributed by atoms with Crippen LogP contribution in [0.2, 0.25) is 0 Å². The number of nitrogens with zero attached hydrogens (tertiary/aromatic N) is 1. The van der Waals surface area contributed by atoms with Gasteiger partial charge in [0.05, 0.1) is 0 Å². The zero-order valence-corrected chi connectivity index (χ0v) is 14.7. The van der Waals surface area contributed by atoms with Gasteiger partial charge < -0.3 is 5.73 Å². The maximum atomic E-state index is 5.96. The summed E-state index contributed by atoms with van der Waals surface area (Å²) in [5, 5.41) is 0. The first kappa shape index (κ1) is 17.8. The van der Waals surface area contributed by atoms with Crippen molar-refractivity contribution < 1.29 is 0 Å². The molecule has 1 aromatic rings. The van der Waals surface area contributed by atoms with Crippen molar-refractivity contribution in [3.05, 3.63) is 47.2 Å². The van der Waals surface area contributed by atoms with Crippen LogP contribution in [0.1, 0.15) is 76.7 Å². The highest BCUT2D eigenvalue weighted by Crippen LogP contribution is 2.27. The fraction of sp³-hybridized carbons (Fsp3) is 0.571. The van der Waals surface area contributed by atoms with E-state index in [2.05, 4.69) is 42.2 Å². The van der Waals surface area contributed by atoms with Gasteiger partial charge >= 0.3 is 0 Å². The number of hydrogen-bond acceptors (Lipinski definition) is 2. The van der Waals surface area contributed by atoms with Crippen molar-refractivity contribution in [3.63, 3.8) is 0 Å². The van der Waals surface area contributed by atoms with E-state index in [4.69, 9.17) is 5.73 Å². The molecule has 23 heavy (non-hydrogen) atoms. The Morgan fingerprint density at radius 3 is 2.35 bits per heavy atom. The zero-order chi connectivity index (χ0) is 16.3. The van der Waals surface area contributed by atoms with Crippen LogP contribution in [0.5, 0.6) is 0 Å². The first-order valence-electron chi connectivity index (χ1n) is 9.37. The molecule has 1 aromatic carbocycles. The van der Waals surface area contributed by atoms with Crippen molar-refractivity contribution in [2.45, 2.75) is 77.6 Å². The molecular weight excluding hydrogens is 280 g/mol. The average molecular weight is 313 g/mol. The van der Waals surface area contributed by atoms with Gasteiger partial charge in [-0.25, -0.2) is 4.99 Å². The standard InChI is InChI=1S/C21H32N2/c1-2-3-4-10-15-19-17-21(22)23-20(19)16-11-6-9-14-18-12-7-5-8-13-18/h5,7-8,12-13H,2-4,6,9-11,14-17H2,1H3,(H2,22,23). The summed E-state index contributed by atoms with van der Waals surface area (Å²) < 4.78 is 0. The number of aryl methyl sites for hydroxylation is 1. The van der Waals surface area contributed by atoms with Gasteiger partial charge in [-0.2, -0.15) is 0 Å². The molecule has 0 saturated carbocycles. The molecule has 0 spiro atoms. The average Bonchev–Trinajstić information content (AvgIpc) is 2.92. The highest BCUT2D eigenvalue weighted by atomic mass is 14.9. The minimum absolute atomic E-state index is 0.828. The van der Waals surface area contributed by atoms with E-state index in [0.717, 1.165) is 18.7 Å².